The van der Waals surface area contributed by atoms with E-state index in [0.717, 1.165) is 89.2 Å². The second kappa shape index (κ2) is 22.4. The van der Waals surface area contributed by atoms with Crippen LogP contribution < -0.4 is 21.9 Å². The Kier molecular flexibility index (Phi) is 17.6. The van der Waals surface area contributed by atoms with E-state index in [2.05, 4.69) is 44.7 Å². The van der Waals surface area contributed by atoms with Crippen molar-refractivity contribution in [2.45, 2.75) is 146 Å². The molecule has 0 aliphatic carbocycles. The number of unbranched alkanes of at least 4 members (excludes halogenated alkanes) is 9. The minimum atomic E-state index is -0.410. The molecule has 4 heterocycles. The van der Waals surface area contributed by atoms with Crippen molar-refractivity contribution in [3.63, 3.8) is 0 Å². The summed E-state index contributed by atoms with van der Waals surface area (Å²) >= 11 is 1.91. The Morgan fingerprint density at radius 2 is 1.78 bits per heavy atom. The number of imidazole rings is 1. The van der Waals surface area contributed by atoms with Crippen LogP contribution in [0.2, 0.25) is 0 Å². The topological polar surface area (TPSA) is 193 Å². The molecule has 51 heavy (non-hydrogen) atoms. The Morgan fingerprint density at radius 3 is 2.65 bits per heavy atom. The quantitative estimate of drug-likeness (QED) is 0.0413. The summed E-state index contributed by atoms with van der Waals surface area (Å²) in [5, 5.41) is 6.43. The van der Waals surface area contributed by atoms with Crippen LogP contribution in [0.5, 0.6) is 0 Å². The minimum absolute atomic E-state index is 0.00460. The number of nitrogens with one attached hydrogen (secondary N) is 3. The Bertz CT molecular complexity index is 1460. The fourth-order valence-corrected chi connectivity index (χ4v) is 8.01. The van der Waals surface area contributed by atoms with Gasteiger partial charge in [-0.15, -0.1) is 0 Å². The lowest BCUT2D eigenvalue weighted by Crippen LogP contribution is -2.36. The number of nitrogens with zero attached hydrogens (tertiary/aromatic N) is 3. The van der Waals surface area contributed by atoms with Gasteiger partial charge in [-0.2, -0.15) is 16.7 Å². The monoisotopic (exact) mass is 731 g/mol. The number of esters is 2. The van der Waals surface area contributed by atoms with Gasteiger partial charge in [-0.25, -0.2) is 9.78 Å². The minimum Gasteiger partial charge on any atom is -0.463 e. The van der Waals surface area contributed by atoms with Gasteiger partial charge in [-0.3, -0.25) is 23.9 Å². The van der Waals surface area contributed by atoms with E-state index in [-0.39, 0.29) is 67.6 Å². The highest BCUT2D eigenvalue weighted by molar-refractivity contribution is 8.00. The number of amides is 2. The molecule has 0 aromatic carbocycles. The molecule has 4 atom stereocenters. The highest BCUT2D eigenvalue weighted by Crippen LogP contribution is 2.33. The number of anilines is 1. The van der Waals surface area contributed by atoms with Crippen molar-refractivity contribution in [1.82, 2.24) is 30.2 Å². The van der Waals surface area contributed by atoms with Gasteiger partial charge in [0.25, 0.3) is 5.56 Å². The number of carbonyl (C=O) groups excluding carboxylic acids is 3. The number of fused-ring (bicyclic) bond motifs is 2. The fourth-order valence-electron chi connectivity index (χ4n) is 6.47. The number of hydrogen-bond acceptors (Lipinski definition) is 11. The van der Waals surface area contributed by atoms with Crippen LogP contribution in [0.3, 0.4) is 0 Å². The van der Waals surface area contributed by atoms with Crippen LogP contribution in [0.1, 0.15) is 116 Å². The Hall–Kier alpha value is -3.59. The van der Waals surface area contributed by atoms with Crippen LogP contribution in [0, 0.1) is 0 Å². The number of thioether (sulfide) groups is 1. The summed E-state index contributed by atoms with van der Waals surface area (Å²) in [6.45, 7) is 2.66. The number of aromatic nitrogens is 4. The molecule has 5 N–H and O–H groups in total. The molecule has 0 spiro atoms. The van der Waals surface area contributed by atoms with E-state index >= 15 is 0 Å². The fraction of sp³-hybridized carbons (Fsp3) is 0.722. The van der Waals surface area contributed by atoms with Gasteiger partial charge in [0.15, 0.2) is 11.2 Å². The summed E-state index contributed by atoms with van der Waals surface area (Å²) in [7, 11) is 0. The zero-order valence-electron chi connectivity index (χ0n) is 30.1. The number of carbonyl (C=O) groups is 3. The van der Waals surface area contributed by atoms with Crippen molar-refractivity contribution < 1.29 is 28.6 Å². The predicted octanol–water partition coefficient (Wildman–Crippen LogP) is 5.50. The molecule has 2 saturated heterocycles. The molecule has 2 aromatic heterocycles. The summed E-state index contributed by atoms with van der Waals surface area (Å²) in [5.74, 6) is 0.624. The molecular formula is C36H57N7O7S. The Labute approximate surface area is 304 Å². The largest absolute Gasteiger partial charge is 0.463 e. The van der Waals surface area contributed by atoms with Crippen LogP contribution in [-0.2, 0) is 30.5 Å². The van der Waals surface area contributed by atoms with Gasteiger partial charge in [-0.1, -0.05) is 64.0 Å². The number of allylic oxidation sites excluding steroid dienone is 1. The first kappa shape index (κ1) is 40.2. The molecule has 2 aliphatic rings. The molecule has 4 rings (SSSR count). The first-order chi connectivity index (χ1) is 24.8. The van der Waals surface area contributed by atoms with Crippen molar-refractivity contribution in [3.8, 4) is 0 Å². The van der Waals surface area contributed by atoms with Crippen molar-refractivity contribution in [2.75, 3.05) is 24.7 Å². The number of rotatable bonds is 26. The Balaban J connectivity index is 0.985. The molecule has 2 aromatic rings. The number of urea groups is 1. The van der Waals surface area contributed by atoms with Gasteiger partial charge in [0.1, 0.15) is 19.4 Å². The van der Waals surface area contributed by atoms with Crippen LogP contribution in [-0.4, -0.2) is 79.9 Å². The molecule has 15 heteroatoms. The standard InChI is InChI=1S/C36H57N7O7S/c1-2-3-4-11-16-26(50-30(45)20-15-14-18-28-31-27(23-51-28)39-36(47)40-31)17-12-9-7-5-6-8-10-13-19-29(44)49-22-21-48-25-43-24-38-32-33(43)41-35(37)42-34(32)46/h9,12,24,26-28,31H,2-8,10-11,13-23,25H2,1H3,(H2,39,40,47)(H3,37,41,42,46)/b12-9-/t26-,27+,28+,31+/m1/s1. The maximum Gasteiger partial charge on any atom is 0.315 e. The predicted molar refractivity (Wildman–Crippen MR) is 198 cm³/mol. The number of ether oxygens (including phenoxy) is 3. The van der Waals surface area contributed by atoms with Crippen molar-refractivity contribution in [1.29, 1.82) is 0 Å². The van der Waals surface area contributed by atoms with E-state index in [4.69, 9.17) is 19.9 Å². The summed E-state index contributed by atoms with van der Waals surface area (Å²) < 4.78 is 18.3. The summed E-state index contributed by atoms with van der Waals surface area (Å²) in [5.41, 5.74) is 5.71. The normalized spacial score (nSPS) is 18.9. The smallest absolute Gasteiger partial charge is 0.315 e. The number of nitrogens with two attached hydrogens (primary N) is 1. The summed E-state index contributed by atoms with van der Waals surface area (Å²) in [6.07, 6.45) is 21.6. The second-order valence-corrected chi connectivity index (χ2v) is 14.7. The first-order valence-electron chi connectivity index (χ1n) is 18.8. The second-order valence-electron chi connectivity index (χ2n) is 13.4. The zero-order valence-corrected chi connectivity index (χ0v) is 30.9. The number of nitrogen functional groups attached to an aromatic ring is 1. The van der Waals surface area contributed by atoms with E-state index in [0.29, 0.717) is 23.7 Å². The zero-order chi connectivity index (χ0) is 36.3. The van der Waals surface area contributed by atoms with E-state index in [1.165, 1.54) is 19.2 Å². The molecule has 0 saturated carbocycles. The number of hydrogen-bond donors (Lipinski definition) is 4. The molecule has 0 unspecified atom stereocenters. The Morgan fingerprint density at radius 1 is 1.00 bits per heavy atom. The lowest BCUT2D eigenvalue weighted by Gasteiger charge is -2.18. The lowest BCUT2D eigenvalue weighted by molar-refractivity contribution is -0.149. The van der Waals surface area contributed by atoms with E-state index in [1.54, 1.807) is 4.57 Å². The van der Waals surface area contributed by atoms with Gasteiger partial charge < -0.3 is 30.6 Å². The van der Waals surface area contributed by atoms with Crippen molar-refractivity contribution >= 4 is 46.8 Å². The molecule has 2 amide bonds. The molecule has 14 nitrogen and oxygen atoms in total. The number of H-pyrrole nitrogens is 1. The average Bonchev–Trinajstić information content (AvgIpc) is 3.80. The van der Waals surface area contributed by atoms with E-state index in [1.807, 2.05) is 11.8 Å². The van der Waals surface area contributed by atoms with Crippen LogP contribution in [0.25, 0.3) is 11.2 Å². The third-order valence-electron chi connectivity index (χ3n) is 9.27. The van der Waals surface area contributed by atoms with Gasteiger partial charge in [0.05, 0.1) is 25.0 Å². The van der Waals surface area contributed by atoms with Gasteiger partial charge in [-0.05, 0) is 44.9 Å². The van der Waals surface area contributed by atoms with E-state index < -0.39 is 5.56 Å². The molecule has 0 radical (unpaired) electrons. The van der Waals surface area contributed by atoms with Crippen LogP contribution >= 0.6 is 11.8 Å². The highest BCUT2D eigenvalue weighted by Gasteiger charge is 2.42. The highest BCUT2D eigenvalue weighted by atomic mass is 32.2. The summed E-state index contributed by atoms with van der Waals surface area (Å²) in [6, 6.07) is 0.387. The molecule has 0 bridgehead atoms. The van der Waals surface area contributed by atoms with Gasteiger partial charge >= 0.3 is 18.0 Å². The molecule has 2 fully saturated rings. The summed E-state index contributed by atoms with van der Waals surface area (Å²) in [4.78, 5) is 58.7. The van der Waals surface area contributed by atoms with Gasteiger partial charge in [0.2, 0.25) is 5.95 Å². The van der Waals surface area contributed by atoms with Crippen LogP contribution in [0.4, 0.5) is 10.7 Å². The first-order valence-corrected chi connectivity index (χ1v) is 19.9. The maximum absolute atomic E-state index is 12.7. The maximum atomic E-state index is 12.7. The van der Waals surface area contributed by atoms with Crippen molar-refractivity contribution in [3.05, 3.63) is 28.8 Å². The van der Waals surface area contributed by atoms with Crippen LogP contribution in [0.15, 0.2) is 23.3 Å². The molecule has 284 valence electrons. The number of aromatic amines is 1. The van der Waals surface area contributed by atoms with Crippen molar-refractivity contribution in [2.24, 2.45) is 0 Å². The molecular weight excluding hydrogens is 675 g/mol. The lowest BCUT2D eigenvalue weighted by atomic mass is 10.0. The third kappa shape index (κ3) is 14.2. The third-order valence-corrected chi connectivity index (χ3v) is 10.8. The average molecular weight is 732 g/mol. The molecule has 2 aliphatic heterocycles. The SMILES string of the molecule is CCCCCC[C@H](C/C=C\CCCCCCCC(=O)OCCOCn1cnc2c(=O)[nH]c(N)nc21)OC(=O)CCCC[C@@H]1SC[C@@H]2NC(=O)N[C@@H]21. The van der Waals surface area contributed by atoms with Gasteiger partial charge in [0, 0.05) is 30.3 Å². The van der Waals surface area contributed by atoms with E-state index in [9.17, 15) is 19.2 Å².